The van der Waals surface area contributed by atoms with E-state index in [1.165, 1.54) is 11.4 Å². The third-order valence-corrected chi connectivity index (χ3v) is 2.22. The highest BCUT2D eigenvalue weighted by Gasteiger charge is 2.20. The van der Waals surface area contributed by atoms with Crippen LogP contribution in [0, 0.1) is 0 Å². The average molecular weight is 157 g/mol. The first kappa shape index (κ1) is 8.33. The molecule has 1 aliphatic carbocycles. The molecule has 0 aliphatic heterocycles. The zero-order valence-corrected chi connectivity index (χ0v) is 6.62. The van der Waals surface area contributed by atoms with Gasteiger partial charge in [0.1, 0.15) is 0 Å². The lowest BCUT2D eigenvalue weighted by Gasteiger charge is -2.28. The van der Waals surface area contributed by atoms with Crippen molar-refractivity contribution in [1.29, 1.82) is 0 Å². The van der Waals surface area contributed by atoms with Gasteiger partial charge in [0.15, 0.2) is 0 Å². The average Bonchev–Trinajstić information content (AvgIpc) is 2.05. The van der Waals surface area contributed by atoms with Gasteiger partial charge in [-0.25, -0.2) is 10.6 Å². The maximum atomic E-state index is 10.6. The van der Waals surface area contributed by atoms with Gasteiger partial charge in [-0.3, -0.25) is 5.01 Å². The van der Waals surface area contributed by atoms with Crippen LogP contribution in [0.5, 0.6) is 0 Å². The molecule has 64 valence electrons. The summed E-state index contributed by atoms with van der Waals surface area (Å²) in [5, 5.41) is 1.17. The van der Waals surface area contributed by atoms with Gasteiger partial charge >= 0.3 is 6.03 Å². The molecule has 0 saturated heterocycles. The Morgan fingerprint density at radius 3 is 2.27 bits per heavy atom. The molecule has 1 fully saturated rings. The van der Waals surface area contributed by atoms with Gasteiger partial charge in [-0.15, -0.1) is 0 Å². The van der Waals surface area contributed by atoms with Crippen molar-refractivity contribution >= 4 is 6.03 Å². The van der Waals surface area contributed by atoms with Gasteiger partial charge < -0.3 is 5.73 Å². The topological polar surface area (TPSA) is 72.4 Å². The molecule has 1 rings (SSSR count). The van der Waals surface area contributed by atoms with Crippen LogP contribution >= 0.6 is 0 Å². The van der Waals surface area contributed by atoms with Crippen LogP contribution < -0.4 is 11.6 Å². The lowest BCUT2D eigenvalue weighted by molar-refractivity contribution is 0.165. The van der Waals surface area contributed by atoms with Gasteiger partial charge in [-0.1, -0.05) is 19.3 Å². The first-order valence-corrected chi connectivity index (χ1v) is 4.05. The summed E-state index contributed by atoms with van der Waals surface area (Å²) in [5.41, 5.74) is 5.03. The highest BCUT2D eigenvalue weighted by molar-refractivity contribution is 5.71. The fraction of sp³-hybridized carbons (Fsp3) is 0.857. The number of carbonyl (C=O) groups excluding carboxylic acids is 1. The molecule has 0 unspecified atom stereocenters. The molecule has 1 saturated carbocycles. The van der Waals surface area contributed by atoms with Crippen molar-refractivity contribution in [2.75, 3.05) is 0 Å². The van der Waals surface area contributed by atoms with Crippen LogP contribution in [-0.2, 0) is 0 Å². The van der Waals surface area contributed by atoms with E-state index < -0.39 is 6.03 Å². The van der Waals surface area contributed by atoms with Crippen LogP contribution in [-0.4, -0.2) is 17.1 Å². The molecule has 0 aromatic rings. The van der Waals surface area contributed by atoms with E-state index in [1.54, 1.807) is 0 Å². The predicted octanol–water partition coefficient (Wildman–Crippen LogP) is 0.573. The van der Waals surface area contributed by atoms with Gasteiger partial charge in [0, 0.05) is 6.04 Å². The van der Waals surface area contributed by atoms with Gasteiger partial charge in [-0.05, 0) is 12.8 Å². The monoisotopic (exact) mass is 157 g/mol. The van der Waals surface area contributed by atoms with E-state index in [4.69, 9.17) is 11.6 Å². The SMILES string of the molecule is NC(=O)N(N)C1CCCCC1. The number of carbonyl (C=O) groups is 1. The molecule has 0 radical (unpaired) electrons. The Labute approximate surface area is 66.5 Å². The number of hydrazine groups is 1. The van der Waals surface area contributed by atoms with E-state index >= 15 is 0 Å². The Kier molecular flexibility index (Phi) is 2.70. The summed E-state index contributed by atoms with van der Waals surface area (Å²) in [6.07, 6.45) is 5.57. The minimum Gasteiger partial charge on any atom is -0.350 e. The standard InChI is InChI=1S/C7H15N3O/c8-7(11)10(9)6-4-2-1-3-5-6/h6H,1-5,9H2,(H2,8,11). The van der Waals surface area contributed by atoms with Crippen LogP contribution in [0.4, 0.5) is 4.79 Å². The number of nitrogens with two attached hydrogens (primary N) is 2. The molecule has 0 heterocycles. The Morgan fingerprint density at radius 2 is 1.82 bits per heavy atom. The molecule has 0 atom stereocenters. The molecule has 0 spiro atoms. The third kappa shape index (κ3) is 2.08. The maximum Gasteiger partial charge on any atom is 0.329 e. The number of rotatable bonds is 1. The summed E-state index contributed by atoms with van der Waals surface area (Å²) < 4.78 is 0. The van der Waals surface area contributed by atoms with Crippen molar-refractivity contribution in [3.63, 3.8) is 0 Å². The quantitative estimate of drug-likeness (QED) is 0.332. The highest BCUT2D eigenvalue weighted by atomic mass is 16.2. The Hall–Kier alpha value is -0.770. The molecule has 1 aliphatic rings. The maximum absolute atomic E-state index is 10.6. The third-order valence-electron chi connectivity index (χ3n) is 2.22. The molecule has 0 aromatic heterocycles. The first-order chi connectivity index (χ1) is 5.22. The summed E-state index contributed by atoms with van der Waals surface area (Å²) >= 11 is 0. The molecular weight excluding hydrogens is 142 g/mol. The normalized spacial score (nSPS) is 19.7. The van der Waals surface area contributed by atoms with E-state index in [-0.39, 0.29) is 6.04 Å². The van der Waals surface area contributed by atoms with E-state index in [2.05, 4.69) is 0 Å². The number of nitrogens with zero attached hydrogens (tertiary/aromatic N) is 1. The van der Waals surface area contributed by atoms with Crippen molar-refractivity contribution in [1.82, 2.24) is 5.01 Å². The predicted molar refractivity (Wildman–Crippen MR) is 42.5 cm³/mol. The molecule has 0 bridgehead atoms. The molecular formula is C7H15N3O. The van der Waals surface area contributed by atoms with Crippen molar-refractivity contribution in [3.05, 3.63) is 0 Å². The van der Waals surface area contributed by atoms with Crippen LogP contribution in [0.3, 0.4) is 0 Å². The largest absolute Gasteiger partial charge is 0.350 e. The molecule has 0 aromatic carbocycles. The van der Waals surface area contributed by atoms with E-state index in [1.807, 2.05) is 0 Å². The Bertz CT molecular complexity index is 143. The minimum atomic E-state index is -0.517. The molecule has 4 heteroatoms. The lowest BCUT2D eigenvalue weighted by Crippen LogP contribution is -2.49. The van der Waals surface area contributed by atoms with Crippen molar-refractivity contribution in [2.45, 2.75) is 38.1 Å². The Morgan fingerprint density at radius 1 is 1.27 bits per heavy atom. The van der Waals surface area contributed by atoms with Crippen molar-refractivity contribution < 1.29 is 4.79 Å². The molecule has 4 nitrogen and oxygen atoms in total. The summed E-state index contributed by atoms with van der Waals surface area (Å²) in [7, 11) is 0. The molecule has 2 amide bonds. The lowest BCUT2D eigenvalue weighted by atomic mass is 9.95. The first-order valence-electron chi connectivity index (χ1n) is 4.05. The summed E-state index contributed by atoms with van der Waals surface area (Å²) in [4.78, 5) is 10.6. The van der Waals surface area contributed by atoms with Crippen molar-refractivity contribution in [2.24, 2.45) is 11.6 Å². The fourth-order valence-corrected chi connectivity index (χ4v) is 1.54. The summed E-state index contributed by atoms with van der Waals surface area (Å²) in [6, 6.07) is -0.335. The highest BCUT2D eigenvalue weighted by Crippen LogP contribution is 2.20. The van der Waals surface area contributed by atoms with Gasteiger partial charge in [0.05, 0.1) is 0 Å². The van der Waals surface area contributed by atoms with Crippen LogP contribution in [0.15, 0.2) is 0 Å². The second kappa shape index (κ2) is 3.57. The number of amides is 2. The summed E-state index contributed by atoms with van der Waals surface area (Å²) in [6.45, 7) is 0. The van der Waals surface area contributed by atoms with E-state index in [0.29, 0.717) is 0 Å². The Balaban J connectivity index is 2.38. The van der Waals surface area contributed by atoms with Gasteiger partial charge in [-0.2, -0.15) is 0 Å². The van der Waals surface area contributed by atoms with Gasteiger partial charge in [0.25, 0.3) is 0 Å². The second-order valence-electron chi connectivity index (χ2n) is 3.04. The van der Waals surface area contributed by atoms with Crippen LogP contribution in [0.2, 0.25) is 0 Å². The molecule has 4 N–H and O–H groups in total. The van der Waals surface area contributed by atoms with Gasteiger partial charge in [0.2, 0.25) is 0 Å². The second-order valence-corrected chi connectivity index (χ2v) is 3.04. The fourth-order valence-electron chi connectivity index (χ4n) is 1.54. The number of hydrogen-bond donors (Lipinski definition) is 2. The zero-order chi connectivity index (χ0) is 8.27. The summed E-state index contributed by atoms with van der Waals surface area (Å²) in [5.74, 6) is 5.45. The van der Waals surface area contributed by atoms with Crippen LogP contribution in [0.1, 0.15) is 32.1 Å². The van der Waals surface area contributed by atoms with Crippen LogP contribution in [0.25, 0.3) is 0 Å². The number of primary amides is 1. The van der Waals surface area contributed by atoms with E-state index in [0.717, 1.165) is 25.7 Å². The van der Waals surface area contributed by atoms with E-state index in [9.17, 15) is 4.79 Å². The zero-order valence-electron chi connectivity index (χ0n) is 6.62. The smallest absolute Gasteiger partial charge is 0.329 e. The molecule has 11 heavy (non-hydrogen) atoms. The number of hydrogen-bond acceptors (Lipinski definition) is 2. The number of urea groups is 1. The van der Waals surface area contributed by atoms with Crippen molar-refractivity contribution in [3.8, 4) is 0 Å². The minimum absolute atomic E-state index is 0.182.